The van der Waals surface area contributed by atoms with E-state index in [1.165, 1.54) is 6.92 Å². The Morgan fingerprint density at radius 2 is 2.10 bits per heavy atom. The van der Waals surface area contributed by atoms with E-state index in [1.807, 2.05) is 6.92 Å². The normalized spacial score (nSPS) is 35.5. The Balaban J connectivity index is 2.89. The van der Waals surface area contributed by atoms with Gasteiger partial charge in [0.2, 0.25) is 0 Å². The zero-order valence-electron chi connectivity index (χ0n) is 13.0. The summed E-state index contributed by atoms with van der Waals surface area (Å²) in [6.07, 6.45) is 0.812. The van der Waals surface area contributed by atoms with Crippen molar-refractivity contribution >= 4 is 28.4 Å². The van der Waals surface area contributed by atoms with Crippen molar-refractivity contribution < 1.29 is 19.0 Å². The Kier molecular flexibility index (Phi) is 7.39. The summed E-state index contributed by atoms with van der Waals surface area (Å²) in [5.74, 6) is 0.340. The Morgan fingerprint density at radius 3 is 2.60 bits per heavy atom. The standard InChI is InChI=1S/C13H24B2O4P/c1-6-7(2)11-13(20-15-14-17)8(3)12(9(4)18-11)19-10(5)16/h7-9,11-13,20H,6H2,1-5H3/t7-,8+,9+,11?,12?,13-/m0/s1. The molecule has 0 spiro atoms. The van der Waals surface area contributed by atoms with Crippen LogP contribution in [0.5, 0.6) is 0 Å². The van der Waals surface area contributed by atoms with E-state index in [1.54, 1.807) is 6.89 Å². The van der Waals surface area contributed by atoms with E-state index in [9.17, 15) is 9.50 Å². The Bertz CT molecular complexity index is 342. The molecule has 0 N–H and O–H groups in total. The van der Waals surface area contributed by atoms with Crippen molar-refractivity contribution in [3.63, 3.8) is 0 Å². The molecule has 4 nitrogen and oxygen atoms in total. The second-order valence-electron chi connectivity index (χ2n) is 5.62. The molecule has 1 heterocycles. The quantitative estimate of drug-likeness (QED) is 0.427. The van der Waals surface area contributed by atoms with Gasteiger partial charge in [-0.15, -0.1) is 0 Å². The molecule has 1 rings (SSSR count). The molecule has 0 aromatic heterocycles. The molecule has 7 atom stereocenters. The van der Waals surface area contributed by atoms with E-state index >= 15 is 0 Å². The van der Waals surface area contributed by atoms with Gasteiger partial charge in [0.25, 0.3) is 0 Å². The fraction of sp³-hybridized carbons (Fsp3) is 0.923. The van der Waals surface area contributed by atoms with Gasteiger partial charge in [-0.05, 0) is 0 Å². The second kappa shape index (κ2) is 8.29. The molecule has 1 radical (unpaired) electrons. The van der Waals surface area contributed by atoms with Crippen molar-refractivity contribution in [2.24, 2.45) is 11.8 Å². The molecule has 1 aliphatic heterocycles. The average Bonchev–Trinajstić information content (AvgIpc) is 2.40. The van der Waals surface area contributed by atoms with Crippen molar-refractivity contribution in [2.45, 2.75) is 65.0 Å². The molecule has 0 aromatic rings. The number of esters is 1. The van der Waals surface area contributed by atoms with Crippen LogP contribution in [0.2, 0.25) is 0 Å². The average molecular weight is 297 g/mol. The number of hydrogen-bond acceptors (Lipinski definition) is 4. The van der Waals surface area contributed by atoms with Crippen LogP contribution >= 0.6 is 8.46 Å². The summed E-state index contributed by atoms with van der Waals surface area (Å²) in [6, 6.07) is 0. The van der Waals surface area contributed by atoms with Gasteiger partial charge in [-0.2, -0.15) is 0 Å². The minimum atomic E-state index is -0.277. The molecule has 1 saturated heterocycles. The molecule has 1 aliphatic rings. The van der Waals surface area contributed by atoms with Crippen LogP contribution in [0.4, 0.5) is 0 Å². The summed E-state index contributed by atoms with van der Waals surface area (Å²) in [7, 11) is 1.25. The van der Waals surface area contributed by atoms with Crippen LogP contribution < -0.4 is 0 Å². The fourth-order valence-electron chi connectivity index (χ4n) is 2.85. The maximum atomic E-state index is 11.3. The SMILES string of the molecule is CC[C@H](C)C1O[C@H](C)C(OC(C)=O)[C@@H](C)[C@@H]1P[B]B=O. The summed E-state index contributed by atoms with van der Waals surface area (Å²) in [5, 5.41) is 0. The number of hydrogen-bond donors (Lipinski definition) is 0. The molecule has 0 saturated carbocycles. The van der Waals surface area contributed by atoms with Crippen molar-refractivity contribution in [1.82, 2.24) is 0 Å². The molecule has 20 heavy (non-hydrogen) atoms. The molecule has 0 bridgehead atoms. The van der Waals surface area contributed by atoms with Crippen LogP contribution in [-0.4, -0.2) is 43.9 Å². The van der Waals surface area contributed by atoms with Crippen LogP contribution in [0.3, 0.4) is 0 Å². The Labute approximate surface area is 125 Å². The molecule has 0 amide bonds. The third-order valence-electron chi connectivity index (χ3n) is 4.14. The minimum absolute atomic E-state index is 0.106. The third kappa shape index (κ3) is 4.39. The first-order chi connectivity index (χ1) is 9.42. The van der Waals surface area contributed by atoms with E-state index < -0.39 is 0 Å². The zero-order valence-corrected chi connectivity index (χ0v) is 14.0. The molecule has 1 fully saturated rings. The van der Waals surface area contributed by atoms with Gasteiger partial charge in [-0.1, -0.05) is 0 Å². The van der Waals surface area contributed by atoms with Crippen LogP contribution in [0.1, 0.15) is 41.0 Å². The van der Waals surface area contributed by atoms with Gasteiger partial charge in [0.05, 0.1) is 0 Å². The first kappa shape index (κ1) is 17.8. The molecular weight excluding hydrogens is 273 g/mol. The first-order valence-electron chi connectivity index (χ1n) is 7.28. The predicted molar refractivity (Wildman–Crippen MR) is 82.8 cm³/mol. The zero-order chi connectivity index (χ0) is 15.3. The Hall–Kier alpha value is -0.210. The van der Waals surface area contributed by atoms with Crippen LogP contribution in [0.15, 0.2) is 0 Å². The van der Waals surface area contributed by atoms with Crippen molar-refractivity contribution in [2.75, 3.05) is 0 Å². The van der Waals surface area contributed by atoms with Crippen molar-refractivity contribution in [1.29, 1.82) is 0 Å². The van der Waals surface area contributed by atoms with Gasteiger partial charge in [0, 0.05) is 0 Å². The van der Waals surface area contributed by atoms with Gasteiger partial charge < -0.3 is 0 Å². The van der Waals surface area contributed by atoms with Gasteiger partial charge in [-0.3, -0.25) is 0 Å². The van der Waals surface area contributed by atoms with Crippen molar-refractivity contribution in [3.8, 4) is 0 Å². The van der Waals surface area contributed by atoms with Crippen LogP contribution in [0.25, 0.3) is 0 Å². The van der Waals surface area contributed by atoms with Gasteiger partial charge >= 0.3 is 124 Å². The van der Waals surface area contributed by atoms with Crippen molar-refractivity contribution in [3.05, 3.63) is 0 Å². The van der Waals surface area contributed by atoms with E-state index in [4.69, 9.17) is 9.47 Å². The van der Waals surface area contributed by atoms with E-state index in [2.05, 4.69) is 20.8 Å². The second-order valence-corrected chi connectivity index (χ2v) is 6.95. The molecule has 3 unspecified atom stereocenters. The number of carbonyl (C=O) groups excluding carboxylic acids is 1. The van der Waals surface area contributed by atoms with E-state index in [0.29, 0.717) is 14.4 Å². The third-order valence-corrected chi connectivity index (χ3v) is 5.70. The van der Waals surface area contributed by atoms with Gasteiger partial charge in [-0.25, -0.2) is 0 Å². The van der Waals surface area contributed by atoms with Crippen LogP contribution in [0, 0.1) is 11.8 Å². The van der Waals surface area contributed by atoms with Gasteiger partial charge in [0.15, 0.2) is 0 Å². The topological polar surface area (TPSA) is 52.6 Å². The van der Waals surface area contributed by atoms with Gasteiger partial charge in [0.1, 0.15) is 0 Å². The summed E-state index contributed by atoms with van der Waals surface area (Å²) in [5.41, 5.74) is 0.232. The van der Waals surface area contributed by atoms with E-state index in [0.717, 1.165) is 13.5 Å². The molecule has 7 heteroatoms. The molecular formula is C13H24B2O4P. The Morgan fingerprint density at radius 1 is 1.45 bits per heavy atom. The summed E-state index contributed by atoms with van der Waals surface area (Å²) in [6.45, 7) is 11.5. The summed E-state index contributed by atoms with van der Waals surface area (Å²) in [4.78, 5) is 11.3. The molecule has 0 aromatic carbocycles. The number of rotatable bonds is 6. The molecule has 0 aliphatic carbocycles. The van der Waals surface area contributed by atoms with E-state index in [-0.39, 0.29) is 35.9 Å². The van der Waals surface area contributed by atoms with Crippen LogP contribution in [-0.2, 0) is 19.0 Å². The summed E-state index contributed by atoms with van der Waals surface area (Å²) < 4.78 is 22.2. The molecule has 111 valence electrons. The monoisotopic (exact) mass is 297 g/mol. The number of ether oxygens (including phenoxy) is 2. The maximum absolute atomic E-state index is 11.3. The summed E-state index contributed by atoms with van der Waals surface area (Å²) >= 11 is 0. The number of carbonyl (C=O) groups is 1. The first-order valence-corrected chi connectivity index (χ1v) is 8.43. The predicted octanol–water partition coefficient (Wildman–Crippen LogP) is 2.02. The fourth-order valence-corrected chi connectivity index (χ4v) is 4.24.